The molecule has 0 saturated carbocycles. The van der Waals surface area contributed by atoms with E-state index in [-0.39, 0.29) is 11.4 Å². The summed E-state index contributed by atoms with van der Waals surface area (Å²) in [5, 5.41) is 0. The summed E-state index contributed by atoms with van der Waals surface area (Å²) in [5.41, 5.74) is 0. The predicted octanol–water partition coefficient (Wildman–Crippen LogP) is 2.42. The van der Waals surface area contributed by atoms with Gasteiger partial charge >= 0.3 is 0 Å². The summed E-state index contributed by atoms with van der Waals surface area (Å²) in [4.78, 5) is -0.720. The average Bonchev–Trinajstić information content (AvgIpc) is 2.29. The topological polar surface area (TPSA) is 46.2 Å². The Morgan fingerprint density at radius 1 is 1.41 bits per heavy atom. The van der Waals surface area contributed by atoms with Gasteiger partial charge in [0.15, 0.2) is 0 Å². The first kappa shape index (κ1) is 14.5. The second-order valence-electron chi connectivity index (χ2n) is 3.43. The summed E-state index contributed by atoms with van der Waals surface area (Å²) >= 11 is 3.24. The van der Waals surface area contributed by atoms with E-state index < -0.39 is 26.6 Å². The molecule has 0 heterocycles. The van der Waals surface area contributed by atoms with E-state index in [1.54, 1.807) is 0 Å². The number of rotatable bonds is 5. The van der Waals surface area contributed by atoms with E-state index >= 15 is 0 Å². The third kappa shape index (κ3) is 4.01. The zero-order valence-corrected chi connectivity index (χ0v) is 11.5. The molecule has 7 heteroatoms. The van der Waals surface area contributed by atoms with Gasteiger partial charge in [-0.05, 0) is 24.6 Å². The van der Waals surface area contributed by atoms with Crippen LogP contribution in [0.3, 0.4) is 0 Å². The third-order valence-corrected chi connectivity index (χ3v) is 4.53. The van der Waals surface area contributed by atoms with Crippen molar-refractivity contribution in [2.24, 2.45) is 0 Å². The van der Waals surface area contributed by atoms with Gasteiger partial charge in [0.05, 0.1) is 0 Å². The first-order valence-electron chi connectivity index (χ1n) is 4.95. The van der Waals surface area contributed by atoms with Crippen molar-refractivity contribution in [2.45, 2.75) is 23.1 Å². The van der Waals surface area contributed by atoms with Crippen molar-refractivity contribution in [3.05, 3.63) is 29.8 Å². The highest BCUT2D eigenvalue weighted by Crippen LogP contribution is 2.16. The summed E-state index contributed by atoms with van der Waals surface area (Å²) in [5.74, 6) is -1.76. The van der Waals surface area contributed by atoms with Gasteiger partial charge in [0.1, 0.15) is 16.5 Å². The lowest BCUT2D eigenvalue weighted by atomic mass is 10.3. The van der Waals surface area contributed by atoms with Gasteiger partial charge in [-0.3, -0.25) is 0 Å². The predicted molar refractivity (Wildman–Crippen MR) is 64.6 cm³/mol. The van der Waals surface area contributed by atoms with Crippen LogP contribution in [0.4, 0.5) is 8.78 Å². The lowest BCUT2D eigenvalue weighted by Gasteiger charge is -2.10. The number of nitrogens with one attached hydrogen (secondary N) is 1. The highest BCUT2D eigenvalue weighted by atomic mass is 79.9. The normalized spacial score (nSPS) is 13.6. The van der Waals surface area contributed by atoms with Crippen LogP contribution in [0.1, 0.15) is 13.3 Å². The number of sulfonamides is 1. The Labute approximate surface area is 107 Å². The highest BCUT2D eigenvalue weighted by molar-refractivity contribution is 9.09. The maximum absolute atomic E-state index is 13.3. The van der Waals surface area contributed by atoms with E-state index in [9.17, 15) is 17.2 Å². The van der Waals surface area contributed by atoms with Crippen LogP contribution < -0.4 is 4.72 Å². The number of hydrogen-bond donors (Lipinski definition) is 1. The Bertz CT molecular complexity index is 493. The number of benzene rings is 1. The molecule has 17 heavy (non-hydrogen) atoms. The Morgan fingerprint density at radius 3 is 2.65 bits per heavy atom. The van der Waals surface area contributed by atoms with E-state index in [2.05, 4.69) is 20.7 Å². The largest absolute Gasteiger partial charge is 0.243 e. The minimum Gasteiger partial charge on any atom is -0.210 e. The van der Waals surface area contributed by atoms with Gasteiger partial charge in [-0.2, -0.15) is 0 Å². The van der Waals surface area contributed by atoms with E-state index in [0.717, 1.165) is 12.1 Å². The van der Waals surface area contributed by atoms with Crippen molar-refractivity contribution in [1.29, 1.82) is 0 Å². The molecule has 0 fully saturated rings. The van der Waals surface area contributed by atoms with E-state index in [1.807, 2.05) is 6.92 Å². The molecular formula is C10H12BrF2NO2S. The molecule has 1 aromatic carbocycles. The SMILES string of the molecule is CCC(Br)CNS(=O)(=O)c1cc(F)ccc1F. The molecule has 1 N–H and O–H groups in total. The third-order valence-electron chi connectivity index (χ3n) is 2.12. The van der Waals surface area contributed by atoms with Crippen molar-refractivity contribution >= 4 is 26.0 Å². The molecular weight excluding hydrogens is 316 g/mol. The van der Waals surface area contributed by atoms with E-state index in [1.165, 1.54) is 0 Å². The summed E-state index contributed by atoms with van der Waals surface area (Å²) in [7, 11) is -4.01. The Morgan fingerprint density at radius 2 is 2.06 bits per heavy atom. The highest BCUT2D eigenvalue weighted by Gasteiger charge is 2.20. The van der Waals surface area contributed by atoms with Crippen LogP contribution >= 0.6 is 15.9 Å². The molecule has 0 aliphatic carbocycles. The first-order chi connectivity index (χ1) is 7.86. The molecule has 1 rings (SSSR count). The molecule has 1 unspecified atom stereocenters. The average molecular weight is 328 g/mol. The quantitative estimate of drug-likeness (QED) is 0.844. The second-order valence-corrected chi connectivity index (χ2v) is 6.46. The van der Waals surface area contributed by atoms with Crippen molar-refractivity contribution in [3.63, 3.8) is 0 Å². The van der Waals surface area contributed by atoms with Crippen LogP contribution in [0, 0.1) is 11.6 Å². The minimum absolute atomic E-state index is 0.0473. The second kappa shape index (κ2) is 5.88. The smallest absolute Gasteiger partial charge is 0.210 e. The fraction of sp³-hybridized carbons (Fsp3) is 0.400. The number of halogens is 3. The van der Waals surface area contributed by atoms with Gasteiger partial charge in [-0.15, -0.1) is 0 Å². The number of alkyl halides is 1. The van der Waals surface area contributed by atoms with Crippen molar-refractivity contribution in [3.8, 4) is 0 Å². The lowest BCUT2D eigenvalue weighted by Crippen LogP contribution is -2.30. The molecule has 0 radical (unpaired) electrons. The van der Waals surface area contributed by atoms with Crippen LogP contribution in [0.5, 0.6) is 0 Å². The summed E-state index contributed by atoms with van der Waals surface area (Å²) in [6, 6.07) is 2.32. The number of hydrogen-bond acceptors (Lipinski definition) is 2. The van der Waals surface area contributed by atoms with Crippen LogP contribution in [-0.4, -0.2) is 19.8 Å². The molecule has 0 aliphatic heterocycles. The van der Waals surface area contributed by atoms with Crippen LogP contribution in [0.25, 0.3) is 0 Å². The molecule has 1 atom stereocenters. The van der Waals surface area contributed by atoms with Gasteiger partial charge in [-0.1, -0.05) is 22.9 Å². The molecule has 0 amide bonds. The lowest BCUT2D eigenvalue weighted by molar-refractivity contribution is 0.545. The van der Waals surface area contributed by atoms with Gasteiger partial charge in [0.25, 0.3) is 0 Å². The maximum Gasteiger partial charge on any atom is 0.243 e. The minimum atomic E-state index is -4.01. The molecule has 0 aliphatic rings. The van der Waals surface area contributed by atoms with Crippen LogP contribution in [0.15, 0.2) is 23.1 Å². The monoisotopic (exact) mass is 327 g/mol. The molecule has 3 nitrogen and oxygen atoms in total. The van der Waals surface area contributed by atoms with Crippen molar-refractivity contribution in [2.75, 3.05) is 6.54 Å². The fourth-order valence-electron chi connectivity index (χ4n) is 1.11. The molecule has 0 saturated heterocycles. The zero-order valence-electron chi connectivity index (χ0n) is 9.08. The van der Waals surface area contributed by atoms with Crippen LogP contribution in [0.2, 0.25) is 0 Å². The van der Waals surface area contributed by atoms with Gasteiger partial charge in [0.2, 0.25) is 10.0 Å². The van der Waals surface area contributed by atoms with Gasteiger partial charge < -0.3 is 0 Å². The van der Waals surface area contributed by atoms with Crippen LogP contribution in [-0.2, 0) is 10.0 Å². The molecule has 96 valence electrons. The maximum atomic E-state index is 13.3. The molecule has 1 aromatic rings. The Kier molecular flexibility index (Phi) is 5.03. The fourth-order valence-corrected chi connectivity index (χ4v) is 2.65. The summed E-state index contributed by atoms with van der Waals surface area (Å²) in [6.45, 7) is 1.99. The zero-order chi connectivity index (χ0) is 13.1. The summed E-state index contributed by atoms with van der Waals surface area (Å²) in [6.07, 6.45) is 0.716. The van der Waals surface area contributed by atoms with Crippen molar-refractivity contribution < 1.29 is 17.2 Å². The molecule has 0 spiro atoms. The standard InChI is InChI=1S/C10H12BrF2NO2S/c1-2-7(11)6-14-17(15,16)10-5-8(12)3-4-9(10)13/h3-5,7,14H,2,6H2,1H3. The molecule has 0 aromatic heterocycles. The summed E-state index contributed by atoms with van der Waals surface area (Å²) < 4.78 is 51.7. The van der Waals surface area contributed by atoms with E-state index in [0.29, 0.717) is 12.5 Å². The Balaban J connectivity index is 2.93. The Hall–Kier alpha value is -0.530. The van der Waals surface area contributed by atoms with Gasteiger partial charge in [-0.25, -0.2) is 21.9 Å². The first-order valence-corrected chi connectivity index (χ1v) is 7.35. The molecule has 0 bridgehead atoms. The van der Waals surface area contributed by atoms with E-state index in [4.69, 9.17) is 0 Å². The van der Waals surface area contributed by atoms with Crippen molar-refractivity contribution in [1.82, 2.24) is 4.72 Å². The van der Waals surface area contributed by atoms with Gasteiger partial charge in [0, 0.05) is 11.4 Å².